The lowest BCUT2D eigenvalue weighted by Gasteiger charge is -2.09. The highest BCUT2D eigenvalue weighted by molar-refractivity contribution is 6.14. The van der Waals surface area contributed by atoms with Crippen LogP contribution in [-0.4, -0.2) is 31.9 Å². The van der Waals surface area contributed by atoms with Gasteiger partial charge in [0.2, 0.25) is 0 Å². The number of rotatable bonds is 4. The van der Waals surface area contributed by atoms with Crippen LogP contribution in [0.1, 0.15) is 10.4 Å². The molecule has 0 heterocycles. The van der Waals surface area contributed by atoms with Crippen LogP contribution in [0.25, 0.3) is 0 Å². The van der Waals surface area contributed by atoms with Crippen molar-refractivity contribution in [3.8, 4) is 12.1 Å². The van der Waals surface area contributed by atoms with Crippen LogP contribution in [0.15, 0.2) is 30.3 Å². The highest BCUT2D eigenvalue weighted by Gasteiger charge is 2.90. The van der Waals surface area contributed by atoms with E-state index in [0.717, 1.165) is 14.2 Å². The molecule has 0 amide bonds. The Kier molecular flexibility index (Phi) is 3.90. The predicted octanol–water partition coefficient (Wildman–Crippen LogP) is 0.865. The molecule has 0 N–H and O–H groups in total. The average molecular weight is 312 g/mol. The van der Waals surface area contributed by atoms with Gasteiger partial charge in [-0.3, -0.25) is 14.4 Å². The molecule has 7 heteroatoms. The first-order chi connectivity index (χ1) is 11.0. The summed E-state index contributed by atoms with van der Waals surface area (Å²) in [4.78, 5) is 36.9. The summed E-state index contributed by atoms with van der Waals surface area (Å²) in [6, 6.07) is 11.1. The maximum Gasteiger partial charge on any atom is 0.329 e. The minimum absolute atomic E-state index is 0.182. The fourth-order valence-electron chi connectivity index (χ4n) is 2.91. The van der Waals surface area contributed by atoms with Crippen molar-refractivity contribution in [1.82, 2.24) is 0 Å². The minimum Gasteiger partial charge on any atom is -0.468 e. The van der Waals surface area contributed by atoms with E-state index in [9.17, 15) is 24.9 Å². The van der Waals surface area contributed by atoms with Crippen molar-refractivity contribution in [2.75, 3.05) is 14.2 Å². The first-order valence-electron chi connectivity index (χ1n) is 6.56. The molecule has 1 aromatic rings. The van der Waals surface area contributed by atoms with Crippen molar-refractivity contribution in [1.29, 1.82) is 10.5 Å². The van der Waals surface area contributed by atoms with Crippen molar-refractivity contribution in [2.24, 2.45) is 16.7 Å². The quantitative estimate of drug-likeness (QED) is 0.597. The zero-order valence-electron chi connectivity index (χ0n) is 12.4. The minimum atomic E-state index is -2.21. The van der Waals surface area contributed by atoms with Crippen molar-refractivity contribution >= 4 is 17.7 Å². The molecule has 1 aromatic carbocycles. The molecule has 7 nitrogen and oxygen atoms in total. The van der Waals surface area contributed by atoms with Gasteiger partial charge in [0.05, 0.1) is 32.3 Å². The zero-order valence-corrected chi connectivity index (χ0v) is 12.4. The molecule has 0 aliphatic heterocycles. The van der Waals surface area contributed by atoms with Crippen LogP contribution in [0.5, 0.6) is 0 Å². The fraction of sp³-hybridized carbons (Fsp3) is 0.312. The van der Waals surface area contributed by atoms with Gasteiger partial charge in [0, 0.05) is 5.56 Å². The maximum atomic E-state index is 12.7. The van der Waals surface area contributed by atoms with Gasteiger partial charge in [-0.25, -0.2) is 0 Å². The second-order valence-corrected chi connectivity index (χ2v) is 4.99. The summed E-state index contributed by atoms with van der Waals surface area (Å²) in [7, 11) is 2.03. The molecule has 23 heavy (non-hydrogen) atoms. The van der Waals surface area contributed by atoms with E-state index in [-0.39, 0.29) is 5.56 Å². The molecule has 2 rings (SSSR count). The number of methoxy groups -OCH3 is 2. The van der Waals surface area contributed by atoms with Gasteiger partial charge in [-0.2, -0.15) is 10.5 Å². The van der Waals surface area contributed by atoms with Gasteiger partial charge in [0.15, 0.2) is 16.6 Å². The Bertz CT molecular complexity index is 721. The number of ether oxygens (including phenoxy) is 2. The Balaban J connectivity index is 2.63. The van der Waals surface area contributed by atoms with Crippen LogP contribution in [0.4, 0.5) is 0 Å². The van der Waals surface area contributed by atoms with Gasteiger partial charge < -0.3 is 9.47 Å². The third-order valence-electron chi connectivity index (χ3n) is 4.09. The summed E-state index contributed by atoms with van der Waals surface area (Å²) in [5.74, 6) is -4.36. The zero-order chi connectivity index (χ0) is 17.3. The summed E-state index contributed by atoms with van der Waals surface area (Å²) in [5, 5.41) is 18.9. The van der Waals surface area contributed by atoms with Crippen LogP contribution >= 0.6 is 0 Å². The van der Waals surface area contributed by atoms with Gasteiger partial charge in [-0.05, 0) is 0 Å². The predicted molar refractivity (Wildman–Crippen MR) is 74.4 cm³/mol. The van der Waals surface area contributed by atoms with E-state index in [1.807, 2.05) is 0 Å². The van der Waals surface area contributed by atoms with E-state index in [4.69, 9.17) is 0 Å². The molecule has 1 aliphatic rings. The van der Waals surface area contributed by atoms with E-state index < -0.39 is 34.5 Å². The molecular formula is C16H12N2O5. The maximum absolute atomic E-state index is 12.7. The second kappa shape index (κ2) is 5.54. The molecule has 0 aromatic heterocycles. The van der Waals surface area contributed by atoms with Gasteiger partial charge in [-0.1, -0.05) is 30.3 Å². The standard InChI is InChI=1S/C16H12N2O5/c1-22-13(20)15(8-17)12(16(15,9-18)14(21)23-2)11(19)10-6-4-3-5-7-10/h3-7,12H,1-2H3/t12?,15-,16+. The van der Waals surface area contributed by atoms with E-state index in [0.29, 0.717) is 0 Å². The van der Waals surface area contributed by atoms with Crippen LogP contribution in [0, 0.1) is 39.4 Å². The lowest BCUT2D eigenvalue weighted by atomic mass is 9.95. The Hall–Kier alpha value is -3.19. The monoisotopic (exact) mass is 312 g/mol. The number of ketones is 1. The normalized spacial score (nSPS) is 27.9. The smallest absolute Gasteiger partial charge is 0.329 e. The number of hydrogen-bond acceptors (Lipinski definition) is 7. The number of nitrogens with zero attached hydrogens (tertiary/aromatic N) is 2. The van der Waals surface area contributed by atoms with Crippen molar-refractivity contribution in [3.05, 3.63) is 35.9 Å². The number of carbonyl (C=O) groups is 3. The Morgan fingerprint density at radius 1 is 0.957 bits per heavy atom. The Morgan fingerprint density at radius 2 is 1.39 bits per heavy atom. The molecular weight excluding hydrogens is 300 g/mol. The SMILES string of the molecule is COC(=O)[C@@]1(C#N)C(C(=O)c2ccccc2)[C@@]1(C#N)C(=O)OC. The molecule has 3 atom stereocenters. The van der Waals surface area contributed by atoms with Crippen LogP contribution in [0.2, 0.25) is 0 Å². The van der Waals surface area contributed by atoms with E-state index in [1.165, 1.54) is 12.1 Å². The Morgan fingerprint density at radius 3 is 1.74 bits per heavy atom. The number of Topliss-reactive ketones (excluding diaryl/α,β-unsaturated/α-hetero) is 1. The number of hydrogen-bond donors (Lipinski definition) is 0. The summed E-state index contributed by atoms with van der Waals surface area (Å²) in [6.45, 7) is 0. The number of carbonyl (C=O) groups excluding carboxylic acids is 3. The van der Waals surface area contributed by atoms with Crippen molar-refractivity contribution in [2.45, 2.75) is 0 Å². The van der Waals surface area contributed by atoms with Crippen molar-refractivity contribution < 1.29 is 23.9 Å². The highest BCUT2D eigenvalue weighted by atomic mass is 16.5. The number of nitriles is 2. The van der Waals surface area contributed by atoms with Gasteiger partial charge >= 0.3 is 11.9 Å². The molecule has 1 saturated carbocycles. The number of benzene rings is 1. The third-order valence-corrected chi connectivity index (χ3v) is 4.09. The van der Waals surface area contributed by atoms with Crippen LogP contribution in [0.3, 0.4) is 0 Å². The summed E-state index contributed by atoms with van der Waals surface area (Å²) in [6.07, 6.45) is 0. The lowest BCUT2D eigenvalue weighted by Crippen LogP contribution is -2.29. The lowest BCUT2D eigenvalue weighted by molar-refractivity contribution is -0.153. The second-order valence-electron chi connectivity index (χ2n) is 4.99. The largest absolute Gasteiger partial charge is 0.468 e. The molecule has 1 unspecified atom stereocenters. The molecule has 1 aliphatic carbocycles. The highest BCUT2D eigenvalue weighted by Crippen LogP contribution is 2.70. The van der Waals surface area contributed by atoms with Crippen molar-refractivity contribution in [3.63, 3.8) is 0 Å². The first-order valence-corrected chi connectivity index (χ1v) is 6.56. The van der Waals surface area contributed by atoms with Gasteiger partial charge in [-0.15, -0.1) is 0 Å². The molecule has 116 valence electrons. The summed E-state index contributed by atoms with van der Waals surface area (Å²) in [5.41, 5.74) is -4.24. The third kappa shape index (κ3) is 1.84. The van der Waals surface area contributed by atoms with E-state index in [2.05, 4.69) is 9.47 Å². The van der Waals surface area contributed by atoms with Gasteiger partial charge in [0.25, 0.3) is 0 Å². The Labute approximate surface area is 132 Å². The summed E-state index contributed by atoms with van der Waals surface area (Å²) < 4.78 is 9.13. The molecule has 0 spiro atoms. The van der Waals surface area contributed by atoms with E-state index >= 15 is 0 Å². The molecule has 0 bridgehead atoms. The number of esters is 2. The summed E-state index contributed by atoms with van der Waals surface area (Å²) >= 11 is 0. The van der Waals surface area contributed by atoms with Crippen LogP contribution < -0.4 is 0 Å². The van der Waals surface area contributed by atoms with E-state index in [1.54, 1.807) is 30.3 Å². The average Bonchev–Trinajstić information content (AvgIpc) is 3.24. The fourth-order valence-corrected chi connectivity index (χ4v) is 2.91. The topological polar surface area (TPSA) is 117 Å². The molecule has 1 fully saturated rings. The molecule has 0 saturated heterocycles. The van der Waals surface area contributed by atoms with Crippen LogP contribution in [-0.2, 0) is 19.1 Å². The van der Waals surface area contributed by atoms with Gasteiger partial charge in [0.1, 0.15) is 0 Å². The molecule has 0 radical (unpaired) electrons. The first kappa shape index (κ1) is 16.2.